The molecule has 0 aromatic heterocycles. The molecule has 2 N–H and O–H groups in total. The summed E-state index contributed by atoms with van der Waals surface area (Å²) in [4.78, 5) is 98.3. The van der Waals surface area contributed by atoms with Crippen LogP contribution in [-0.4, -0.2) is 71.5 Å². The molecule has 1 aromatic carbocycles. The van der Waals surface area contributed by atoms with Crippen molar-refractivity contribution in [3.05, 3.63) is 96.6 Å². The van der Waals surface area contributed by atoms with E-state index < -0.39 is 101 Å². The van der Waals surface area contributed by atoms with Gasteiger partial charge in [-0.15, -0.1) is 0 Å². The highest BCUT2D eigenvalue weighted by molar-refractivity contribution is 5.85. The molecule has 0 amide bonds. The van der Waals surface area contributed by atoms with E-state index in [0.29, 0.717) is 0 Å². The van der Waals surface area contributed by atoms with Crippen LogP contribution < -0.4 is 0 Å². The van der Waals surface area contributed by atoms with E-state index in [1.54, 1.807) is 0 Å². The zero-order valence-corrected chi connectivity index (χ0v) is 17.6. The van der Waals surface area contributed by atoms with Gasteiger partial charge in [0.05, 0.1) is 24.6 Å². The van der Waals surface area contributed by atoms with Crippen molar-refractivity contribution < 1.29 is 59.5 Å². The van der Waals surface area contributed by atoms with Crippen LogP contribution >= 0.6 is 0 Å². The van der Waals surface area contributed by atoms with Gasteiger partial charge in [-0.05, 0) is 0 Å². The summed E-state index contributed by atoms with van der Waals surface area (Å²) in [6.45, 7) is 0. The molecule has 0 heterocycles. The summed E-state index contributed by atoms with van der Waals surface area (Å²) in [5.41, 5.74) is -28.5. The Hall–Kier alpha value is -7.11. The van der Waals surface area contributed by atoms with Gasteiger partial charge in [-0.25, -0.2) is 25.0 Å². The maximum absolute atomic E-state index is 12.1. The first kappa shape index (κ1) is 30.9. The third kappa shape index (κ3) is 3.74. The Morgan fingerprint density at radius 1 is 0.575 bits per heavy atom. The Bertz CT molecular complexity index is 1370. The van der Waals surface area contributed by atoms with Crippen molar-refractivity contribution in [3.63, 3.8) is 0 Å². The highest BCUT2D eigenvalue weighted by atomic mass is 16.8. The summed E-state index contributed by atoms with van der Waals surface area (Å²) in [5, 5.41) is 116. The number of nitrogens with zero attached hydrogens (tertiary/aromatic N) is 10. The molecule has 1 rings (SSSR count). The predicted octanol–water partition coefficient (Wildman–Crippen LogP) is -1.53. The molecule has 0 aliphatic carbocycles. The van der Waals surface area contributed by atoms with E-state index in [9.17, 15) is 106 Å². The Balaban J connectivity index is 5.35. The number of hydrazine groups is 2. The fourth-order valence-electron chi connectivity index (χ4n) is 3.34. The third-order valence-corrected chi connectivity index (χ3v) is 4.63. The number of benzene rings is 1. The molecular formula is C9H2N10O21. The van der Waals surface area contributed by atoms with Gasteiger partial charge in [0.1, 0.15) is 9.85 Å². The molecule has 0 fully saturated rings. The molecule has 31 heteroatoms. The Kier molecular flexibility index (Phi) is 7.53. The van der Waals surface area contributed by atoms with Crippen molar-refractivity contribution in [1.82, 2.24) is 5.12 Å². The number of aliphatic carboxylic acids is 1. The molecule has 0 aliphatic heterocycles. The summed E-state index contributed by atoms with van der Waals surface area (Å²) in [6, 6.07) is 0. The van der Waals surface area contributed by atoms with Crippen LogP contribution in [0.5, 0.6) is 5.75 Å². The van der Waals surface area contributed by atoms with Crippen LogP contribution in [0.1, 0.15) is 5.56 Å². The molecule has 1 atom stereocenters. The average Bonchev–Trinajstić information content (AvgIpc) is 2.75. The number of hydrogen-bond acceptors (Lipinski definition) is 20. The number of rotatable bonds is 13. The molecular weight excluding hydrogens is 584 g/mol. The van der Waals surface area contributed by atoms with Crippen LogP contribution in [0.25, 0.3) is 0 Å². The Morgan fingerprint density at radius 3 is 1.05 bits per heavy atom. The van der Waals surface area contributed by atoms with Gasteiger partial charge in [0.2, 0.25) is 10.1 Å². The molecule has 0 aliphatic rings. The minimum absolute atomic E-state index is 2.31. The molecule has 0 spiro atoms. The number of carboxylic acids is 1. The predicted molar refractivity (Wildman–Crippen MR) is 104 cm³/mol. The number of hydrogen-bond donors (Lipinski definition) is 2. The maximum atomic E-state index is 12.1. The smallest absolute Gasteiger partial charge is 0.497 e. The van der Waals surface area contributed by atoms with Crippen molar-refractivity contribution >= 4 is 28.7 Å². The standard InChI is InChI=1S/C9H2N10O21/c20-6-4(12(27)28)2(10(23)24)1(3(11(25)26)5(6)13(29)30)8(15(31)32,16(33)34)9(7(21)22,17(35)36)14(18(37)38)19(39)40/h20H,(H,21,22)/t9-/m0/s1. The van der Waals surface area contributed by atoms with E-state index in [-0.39, 0.29) is 0 Å². The van der Waals surface area contributed by atoms with Gasteiger partial charge < -0.3 is 10.2 Å². The van der Waals surface area contributed by atoms with Crippen LogP contribution in [0.15, 0.2) is 0 Å². The lowest BCUT2D eigenvalue weighted by Crippen LogP contribution is -2.78. The number of carbonyl (C=O) groups is 1. The summed E-state index contributed by atoms with van der Waals surface area (Å²) in [5.74, 6) is -6.75. The summed E-state index contributed by atoms with van der Waals surface area (Å²) in [6.07, 6.45) is 0. The summed E-state index contributed by atoms with van der Waals surface area (Å²) < 4.78 is 0. The number of phenols is 1. The molecule has 40 heavy (non-hydrogen) atoms. The van der Waals surface area contributed by atoms with Gasteiger partial charge in [-0.3, -0.25) is 70.8 Å². The number of nitro groups is 9. The topological polar surface area (TPSA) is 449 Å². The largest absolute Gasteiger partial charge is 0.645 e. The minimum atomic E-state index is -6.39. The lowest BCUT2D eigenvalue weighted by Gasteiger charge is -2.25. The molecule has 1 aromatic rings. The molecule has 0 radical (unpaired) electrons. The van der Waals surface area contributed by atoms with Gasteiger partial charge >= 0.3 is 40.0 Å². The lowest BCUT2D eigenvalue weighted by atomic mass is 9.83. The van der Waals surface area contributed by atoms with E-state index in [1.807, 2.05) is 0 Å². The van der Waals surface area contributed by atoms with E-state index in [4.69, 9.17) is 0 Å². The minimum Gasteiger partial charge on any atom is -0.497 e. The van der Waals surface area contributed by atoms with Gasteiger partial charge in [0.25, 0.3) is 16.4 Å². The van der Waals surface area contributed by atoms with Crippen LogP contribution in [-0.2, 0) is 10.5 Å². The van der Waals surface area contributed by atoms with E-state index in [0.717, 1.165) is 0 Å². The molecule has 214 valence electrons. The van der Waals surface area contributed by atoms with Crippen LogP contribution in [0.2, 0.25) is 0 Å². The van der Waals surface area contributed by atoms with Crippen LogP contribution in [0, 0.1) is 91.0 Å². The first-order chi connectivity index (χ1) is 18.1. The number of aromatic hydroxyl groups is 1. The first-order valence-electron chi connectivity index (χ1n) is 8.38. The normalized spacial score (nSPS) is 12.3. The highest BCUT2D eigenvalue weighted by Crippen LogP contribution is 2.58. The second-order valence-electron chi connectivity index (χ2n) is 6.33. The fraction of sp³-hybridized carbons (Fsp3) is 0.222. The monoisotopic (exact) mass is 586 g/mol. The lowest BCUT2D eigenvalue weighted by molar-refractivity contribution is -0.995. The first-order valence-corrected chi connectivity index (χ1v) is 8.38. The molecule has 0 saturated heterocycles. The molecule has 0 saturated carbocycles. The molecule has 0 bridgehead atoms. The van der Waals surface area contributed by atoms with Crippen molar-refractivity contribution in [1.29, 1.82) is 0 Å². The summed E-state index contributed by atoms with van der Waals surface area (Å²) in [7, 11) is 0. The SMILES string of the molecule is O=C(O)[C@](N([N+](=O)[O-])[N+](=O)[O-])([N+](=O)[O-])C(c1c([N+](=O)[O-])c([N+](=O)[O-])c(O)c([N+](=O)[O-])c1[N+](=O)[O-])([N+](=O)[O-])[N+](=O)[O-]. The van der Waals surface area contributed by atoms with Crippen molar-refractivity contribution in [2.45, 2.75) is 11.3 Å². The molecule has 31 nitrogen and oxygen atoms in total. The second-order valence-corrected chi connectivity index (χ2v) is 6.33. The number of phenolic OH excluding ortho intramolecular Hbond substituents is 1. The quantitative estimate of drug-likeness (QED) is 0.150. The van der Waals surface area contributed by atoms with Crippen LogP contribution in [0.4, 0.5) is 22.7 Å². The number of nitro benzene ring substituents is 4. The summed E-state index contributed by atoms with van der Waals surface area (Å²) >= 11 is 0. The van der Waals surface area contributed by atoms with Gasteiger partial charge in [0.15, 0.2) is 0 Å². The van der Waals surface area contributed by atoms with E-state index in [2.05, 4.69) is 0 Å². The highest BCUT2D eigenvalue weighted by Gasteiger charge is 3.01. The Labute approximate surface area is 208 Å². The van der Waals surface area contributed by atoms with E-state index >= 15 is 0 Å². The van der Waals surface area contributed by atoms with Gasteiger partial charge in [0, 0.05) is 0 Å². The average molecular weight is 586 g/mol. The third-order valence-electron chi connectivity index (χ3n) is 4.63. The van der Waals surface area contributed by atoms with Gasteiger partial charge in [-0.2, -0.15) is 0 Å². The second kappa shape index (κ2) is 9.74. The van der Waals surface area contributed by atoms with Crippen LogP contribution in [0.3, 0.4) is 0 Å². The number of carboxylic acid groups (broad SMARTS) is 1. The zero-order valence-electron chi connectivity index (χ0n) is 17.6. The fourth-order valence-corrected chi connectivity index (χ4v) is 3.34. The molecule has 0 unspecified atom stereocenters. The zero-order chi connectivity index (χ0) is 31.8. The van der Waals surface area contributed by atoms with E-state index in [1.165, 1.54) is 0 Å². The maximum Gasteiger partial charge on any atom is 0.645 e. The van der Waals surface area contributed by atoms with Gasteiger partial charge in [-0.1, -0.05) is 0 Å². The Morgan fingerprint density at radius 2 is 0.875 bits per heavy atom. The van der Waals surface area contributed by atoms with Crippen molar-refractivity contribution in [3.8, 4) is 5.75 Å². The van der Waals surface area contributed by atoms with Crippen molar-refractivity contribution in [2.75, 3.05) is 0 Å². The van der Waals surface area contributed by atoms with Crippen molar-refractivity contribution in [2.24, 2.45) is 0 Å².